The molecule has 3 rings (SSSR count). The molecule has 2 N–H and O–H groups in total. The second-order valence-corrected chi connectivity index (χ2v) is 18.5. The molecule has 0 bridgehead atoms. The third kappa shape index (κ3) is 13.6. The normalized spacial score (nSPS) is 34.7. The van der Waals surface area contributed by atoms with Crippen LogP contribution in [0, 0.1) is 34.0 Å². The van der Waals surface area contributed by atoms with Gasteiger partial charge in [0, 0.05) is 28.6 Å². The smallest absolute Gasteiger partial charge is 0.309 e. The molecule has 3 aliphatic rings. The van der Waals surface area contributed by atoms with E-state index in [1.165, 1.54) is 6.42 Å². The van der Waals surface area contributed by atoms with Gasteiger partial charge in [-0.05, 0) is 105 Å². The van der Waals surface area contributed by atoms with E-state index in [9.17, 15) is 24.6 Å². The highest BCUT2D eigenvalue weighted by atomic mass is 16.6. The highest BCUT2D eigenvalue weighted by Gasteiger charge is 2.52. The summed E-state index contributed by atoms with van der Waals surface area (Å²) in [5.74, 6) is 0.607. The monoisotopic (exact) mass is 733 g/mol. The number of hydrogen-bond donors (Lipinski definition) is 2. The van der Waals surface area contributed by atoms with Gasteiger partial charge in [0.25, 0.3) is 0 Å². The Morgan fingerprint density at radius 3 is 1.44 bits per heavy atom. The average molecular weight is 733 g/mol. The Kier molecular flexibility index (Phi) is 19.0. The van der Waals surface area contributed by atoms with Crippen molar-refractivity contribution in [3.63, 3.8) is 0 Å². The fourth-order valence-corrected chi connectivity index (χ4v) is 8.08. The standard InChI is InChI=1S/C16H28O3.C12H22O.C10H16O.C7H14O2/c1-7-15(6)10-8-9-12(2)16(15,18)11-13(17)19-14(3,4)5;1-5-11(4)9-7-8-10(3)12(11,13)6-2;1-4-10(3)7-5-6-8(2)9(10)11;1-5-6(8)9-7(2,3)4/h7,12,18H,1,8-11H2,2-6H3;5,10,13H,1,6-9H2,2-4H3;4,8H,1,5-7H2,2-3H3;5H2,1-4H3/t12-,15-,16-;10-,11-,12+;8-,10-;/m111./s1. The van der Waals surface area contributed by atoms with Gasteiger partial charge in [0.05, 0.1) is 17.6 Å². The largest absolute Gasteiger partial charge is 0.460 e. The van der Waals surface area contributed by atoms with Crippen molar-refractivity contribution >= 4 is 17.7 Å². The Morgan fingerprint density at radius 2 is 1.12 bits per heavy atom. The minimum absolute atomic E-state index is 0.0357. The number of carbonyl (C=O) groups is 3. The third-order valence-electron chi connectivity index (χ3n) is 12.1. The van der Waals surface area contributed by atoms with Gasteiger partial charge in [-0.25, -0.2) is 0 Å². The second-order valence-electron chi connectivity index (χ2n) is 18.5. The Balaban J connectivity index is 0.000000695. The van der Waals surface area contributed by atoms with Crippen molar-refractivity contribution in [2.24, 2.45) is 34.0 Å². The van der Waals surface area contributed by atoms with E-state index in [0.717, 1.165) is 57.8 Å². The Bertz CT molecular complexity index is 1190. The van der Waals surface area contributed by atoms with Crippen LogP contribution in [0.15, 0.2) is 38.0 Å². The number of ether oxygens (including phenoxy) is 2. The van der Waals surface area contributed by atoms with Crippen molar-refractivity contribution in [1.82, 2.24) is 0 Å². The van der Waals surface area contributed by atoms with Crippen LogP contribution in [0.2, 0.25) is 0 Å². The number of Topliss-reactive ketones (excluding diaryl/α,β-unsaturated/α-hetero) is 1. The maximum atomic E-state index is 12.1. The van der Waals surface area contributed by atoms with Crippen LogP contribution in [0.3, 0.4) is 0 Å². The van der Waals surface area contributed by atoms with E-state index in [4.69, 9.17) is 9.47 Å². The molecule has 3 aliphatic carbocycles. The molecule has 52 heavy (non-hydrogen) atoms. The van der Waals surface area contributed by atoms with Crippen LogP contribution in [0.5, 0.6) is 0 Å². The number of rotatable bonds is 7. The second kappa shape index (κ2) is 19.9. The molecule has 0 saturated heterocycles. The molecule has 0 radical (unpaired) electrons. The summed E-state index contributed by atoms with van der Waals surface area (Å²) in [4.78, 5) is 34.3. The zero-order valence-electron chi connectivity index (χ0n) is 36.0. The topological polar surface area (TPSA) is 110 Å². The average Bonchev–Trinajstić information content (AvgIpc) is 3.04. The summed E-state index contributed by atoms with van der Waals surface area (Å²) >= 11 is 0. The zero-order valence-corrected chi connectivity index (χ0v) is 36.0. The number of carbonyl (C=O) groups excluding carboxylic acids is 3. The van der Waals surface area contributed by atoms with E-state index in [1.54, 1.807) is 13.0 Å². The Morgan fingerprint density at radius 1 is 0.712 bits per heavy atom. The van der Waals surface area contributed by atoms with E-state index in [0.29, 0.717) is 18.1 Å². The summed E-state index contributed by atoms with van der Waals surface area (Å²) in [7, 11) is 0. The summed E-state index contributed by atoms with van der Waals surface area (Å²) in [5, 5.41) is 21.7. The van der Waals surface area contributed by atoms with Crippen LogP contribution in [0.4, 0.5) is 0 Å². The molecule has 0 aliphatic heterocycles. The predicted octanol–water partition coefficient (Wildman–Crippen LogP) is 10.9. The van der Waals surface area contributed by atoms with Gasteiger partial charge in [0.2, 0.25) is 0 Å². The van der Waals surface area contributed by atoms with Crippen molar-refractivity contribution in [2.75, 3.05) is 0 Å². The number of allylic oxidation sites excluding steroid dienone is 1. The van der Waals surface area contributed by atoms with Crippen molar-refractivity contribution in [3.05, 3.63) is 38.0 Å². The first-order valence-electron chi connectivity index (χ1n) is 19.9. The zero-order chi connectivity index (χ0) is 41.0. The van der Waals surface area contributed by atoms with E-state index < -0.39 is 22.2 Å². The van der Waals surface area contributed by atoms with Crippen molar-refractivity contribution in [2.45, 2.75) is 196 Å². The van der Waals surface area contributed by atoms with Gasteiger partial charge in [0.1, 0.15) is 17.0 Å². The minimum Gasteiger partial charge on any atom is -0.460 e. The molecule has 7 heteroatoms. The summed E-state index contributed by atoms with van der Waals surface area (Å²) in [6, 6.07) is 0. The first kappa shape index (κ1) is 49.8. The van der Waals surface area contributed by atoms with Crippen LogP contribution in [-0.2, 0) is 23.9 Å². The lowest BCUT2D eigenvalue weighted by Crippen LogP contribution is -2.54. The Hall–Kier alpha value is -2.25. The third-order valence-corrected chi connectivity index (χ3v) is 12.1. The number of aliphatic hydroxyl groups is 2. The van der Waals surface area contributed by atoms with Gasteiger partial charge in [0.15, 0.2) is 0 Å². The van der Waals surface area contributed by atoms with E-state index in [1.807, 2.05) is 81.4 Å². The highest BCUT2D eigenvalue weighted by Crippen LogP contribution is 2.51. The molecular formula is C45H80O7. The first-order valence-corrected chi connectivity index (χ1v) is 19.9. The molecule has 0 aromatic rings. The molecule has 0 heterocycles. The van der Waals surface area contributed by atoms with Crippen LogP contribution in [0.25, 0.3) is 0 Å². The fourth-order valence-electron chi connectivity index (χ4n) is 8.08. The van der Waals surface area contributed by atoms with Gasteiger partial charge in [-0.1, -0.05) is 86.0 Å². The molecule has 3 saturated carbocycles. The molecule has 0 aromatic heterocycles. The molecule has 0 spiro atoms. The van der Waals surface area contributed by atoms with Crippen molar-refractivity contribution < 1.29 is 34.1 Å². The molecule has 0 aromatic carbocycles. The molecule has 0 unspecified atom stereocenters. The summed E-state index contributed by atoms with van der Waals surface area (Å²) in [6.07, 6.45) is 16.4. The quantitative estimate of drug-likeness (QED) is 0.198. The summed E-state index contributed by atoms with van der Waals surface area (Å²) in [6.45, 7) is 38.7. The molecule has 3 fully saturated rings. The maximum absolute atomic E-state index is 12.1. The lowest BCUT2D eigenvalue weighted by atomic mass is 9.58. The maximum Gasteiger partial charge on any atom is 0.309 e. The minimum atomic E-state index is -1.06. The van der Waals surface area contributed by atoms with E-state index >= 15 is 0 Å². The summed E-state index contributed by atoms with van der Waals surface area (Å²) in [5.41, 5.74) is -3.18. The number of esters is 2. The predicted molar refractivity (Wildman–Crippen MR) is 216 cm³/mol. The first-order chi connectivity index (χ1) is 23.6. The van der Waals surface area contributed by atoms with Crippen molar-refractivity contribution in [1.29, 1.82) is 0 Å². The van der Waals surface area contributed by atoms with Crippen LogP contribution >= 0.6 is 0 Å². The van der Waals surface area contributed by atoms with Gasteiger partial charge >= 0.3 is 11.9 Å². The number of ketones is 1. The van der Waals surface area contributed by atoms with Crippen molar-refractivity contribution in [3.8, 4) is 0 Å². The van der Waals surface area contributed by atoms with Crippen LogP contribution < -0.4 is 0 Å². The molecule has 8 atom stereocenters. The van der Waals surface area contributed by atoms with Gasteiger partial charge in [-0.15, -0.1) is 19.7 Å². The molecule has 302 valence electrons. The molecular weight excluding hydrogens is 652 g/mol. The Labute approximate surface area is 319 Å². The van der Waals surface area contributed by atoms with E-state index in [2.05, 4.69) is 40.5 Å². The molecule has 7 nitrogen and oxygen atoms in total. The van der Waals surface area contributed by atoms with Gasteiger partial charge < -0.3 is 19.7 Å². The SMILES string of the molecule is C=C[C@]1(C)CCC[C@@H](C)C1=O.C=C[C@]1(C)CCC[C@@H](C)[C@@]1(O)CC.C=C[C@]1(C)CCC[C@@H](C)[C@]1(O)CC(=O)OC(C)(C)C.CCC(=O)OC(C)(C)C. The van der Waals surface area contributed by atoms with Gasteiger partial charge in [-0.3, -0.25) is 14.4 Å². The summed E-state index contributed by atoms with van der Waals surface area (Å²) < 4.78 is 10.3. The fraction of sp³-hybridized carbons (Fsp3) is 0.800. The van der Waals surface area contributed by atoms with Crippen LogP contribution in [-0.4, -0.2) is 50.3 Å². The molecule has 0 amide bonds. The lowest BCUT2D eigenvalue weighted by Gasteiger charge is -2.50. The lowest BCUT2D eigenvalue weighted by molar-refractivity contribution is -0.175. The van der Waals surface area contributed by atoms with Gasteiger partial charge in [-0.2, -0.15) is 0 Å². The van der Waals surface area contributed by atoms with Crippen LogP contribution in [0.1, 0.15) is 174 Å². The number of hydrogen-bond acceptors (Lipinski definition) is 7. The highest BCUT2D eigenvalue weighted by molar-refractivity contribution is 5.88. The van der Waals surface area contributed by atoms with E-state index in [-0.39, 0.29) is 46.6 Å².